The Morgan fingerprint density at radius 3 is 0.836 bits per heavy atom. The molecule has 1 aromatic rings. The summed E-state index contributed by atoms with van der Waals surface area (Å²) in [7, 11) is -10.7. The molecular formula is C36H65NO12P2S4-4. The number of unbranched alkanes of at least 4 members (excludes halogenated alkanes) is 16. The van der Waals surface area contributed by atoms with Crippen LogP contribution in [0, 0.1) is 0 Å². The molecule has 1 rings (SSSR count). The highest BCUT2D eigenvalue weighted by molar-refractivity contribution is 7.86. The van der Waals surface area contributed by atoms with Crippen molar-refractivity contribution in [1.29, 1.82) is 0 Å². The maximum atomic E-state index is 11.1. The number of hydrogen-bond donors (Lipinski definition) is 0. The van der Waals surface area contributed by atoms with Crippen molar-refractivity contribution in [3.8, 4) is 0 Å². The Morgan fingerprint density at radius 1 is 0.382 bits per heavy atom. The van der Waals surface area contributed by atoms with Crippen molar-refractivity contribution in [2.45, 2.75) is 165 Å². The second kappa shape index (κ2) is 26.6. The molecule has 2 atom stereocenters. The molecule has 0 saturated heterocycles. The lowest BCUT2D eigenvalue weighted by Crippen LogP contribution is -2.55. The summed E-state index contributed by atoms with van der Waals surface area (Å²) in [6.07, 6.45) is 17.0. The molecule has 0 bridgehead atoms. The van der Waals surface area contributed by atoms with Crippen LogP contribution in [0.25, 0.3) is 0 Å². The molecule has 55 heavy (non-hydrogen) atoms. The third-order valence-corrected chi connectivity index (χ3v) is 14.7. The van der Waals surface area contributed by atoms with Gasteiger partial charge in [-0.15, -0.1) is 18.5 Å². The van der Waals surface area contributed by atoms with E-state index in [-0.39, 0.29) is 23.0 Å². The lowest BCUT2D eigenvalue weighted by Gasteiger charge is -2.54. The predicted octanol–water partition coefficient (Wildman–Crippen LogP) is 7.18. The number of hydrogen-bond acceptors (Lipinski definition) is 13. The van der Waals surface area contributed by atoms with Gasteiger partial charge in [-0.1, -0.05) is 121 Å². The number of rotatable bonds is 35. The van der Waals surface area contributed by atoms with Crippen molar-refractivity contribution in [3.05, 3.63) is 30.3 Å². The molecule has 0 aliphatic rings. The Kier molecular flexibility index (Phi) is 25.4. The molecule has 0 amide bonds. The molecule has 0 saturated carbocycles. The van der Waals surface area contributed by atoms with Crippen LogP contribution in [0.4, 0.5) is 5.69 Å². The SMILES string of the molecule is O=S(=O)([O-])CCCCCCCC(P)(CCCCCCCS(=O)(=O)[O-])N(c1ccccc1)C(P)(CCCCCCCS(=O)(=O)[O-])CCCCCCCS(=O)(=O)[O-]. The van der Waals surface area contributed by atoms with Gasteiger partial charge in [-0.3, -0.25) is 0 Å². The Hall–Kier alpha value is -0.480. The average molecular weight is 894 g/mol. The van der Waals surface area contributed by atoms with E-state index in [1.54, 1.807) is 0 Å². The zero-order chi connectivity index (χ0) is 41.5. The molecule has 324 valence electrons. The minimum atomic E-state index is -4.25. The summed E-state index contributed by atoms with van der Waals surface area (Å²) in [5.41, 5.74) is 1.04. The summed E-state index contributed by atoms with van der Waals surface area (Å²) < 4.78 is 133. The molecule has 19 heteroatoms. The van der Waals surface area contributed by atoms with Gasteiger partial charge in [-0.25, -0.2) is 33.7 Å². The maximum absolute atomic E-state index is 11.1. The van der Waals surface area contributed by atoms with Crippen molar-refractivity contribution in [1.82, 2.24) is 0 Å². The minimum Gasteiger partial charge on any atom is -0.748 e. The van der Waals surface area contributed by atoms with Crippen LogP contribution in [-0.2, 0) is 40.5 Å². The first-order chi connectivity index (χ1) is 25.6. The highest BCUT2D eigenvalue weighted by atomic mass is 32.2. The normalized spacial score (nSPS) is 13.3. The number of nitrogens with zero attached hydrogens (tertiary/aromatic N) is 1. The second-order valence-corrected chi connectivity index (χ2v) is 23.2. The summed E-state index contributed by atoms with van der Waals surface area (Å²) in [6, 6.07) is 10.2. The zero-order valence-electron chi connectivity index (χ0n) is 32.3. The molecule has 0 fully saturated rings. The van der Waals surface area contributed by atoms with Crippen LogP contribution < -0.4 is 4.90 Å². The fourth-order valence-corrected chi connectivity index (χ4v) is 11.2. The minimum absolute atomic E-state index is 0.329. The first-order valence-corrected chi connectivity index (χ1v) is 27.2. The molecule has 0 radical (unpaired) electrons. The Bertz CT molecular complexity index is 1440. The van der Waals surface area contributed by atoms with E-state index < -0.39 is 51.0 Å². The zero-order valence-corrected chi connectivity index (χ0v) is 37.9. The van der Waals surface area contributed by atoms with E-state index in [0.29, 0.717) is 51.4 Å². The monoisotopic (exact) mass is 893 g/mol. The largest absolute Gasteiger partial charge is 0.748 e. The van der Waals surface area contributed by atoms with Crippen LogP contribution in [0.3, 0.4) is 0 Å². The maximum Gasteiger partial charge on any atom is 0.0945 e. The van der Waals surface area contributed by atoms with Gasteiger partial charge in [0.1, 0.15) is 0 Å². The number of benzene rings is 1. The van der Waals surface area contributed by atoms with E-state index >= 15 is 0 Å². The molecule has 0 aliphatic carbocycles. The van der Waals surface area contributed by atoms with Crippen LogP contribution in [0.1, 0.15) is 154 Å². The Morgan fingerprint density at radius 2 is 0.600 bits per heavy atom. The Labute approximate surface area is 337 Å². The second-order valence-electron chi connectivity index (χ2n) is 15.0. The molecule has 1 aromatic carbocycles. The van der Waals surface area contributed by atoms with Crippen LogP contribution in [0.5, 0.6) is 0 Å². The van der Waals surface area contributed by atoms with E-state index in [1.165, 1.54) is 0 Å². The van der Waals surface area contributed by atoms with Gasteiger partial charge >= 0.3 is 0 Å². The average Bonchev–Trinajstić information content (AvgIpc) is 3.05. The summed E-state index contributed by atoms with van der Waals surface area (Å²) in [5.74, 6) is -1.47. The topological polar surface area (TPSA) is 232 Å². The van der Waals surface area contributed by atoms with Crippen LogP contribution in [0.15, 0.2) is 30.3 Å². The lowest BCUT2D eigenvalue weighted by atomic mass is 9.91. The molecule has 0 spiro atoms. The molecule has 0 heterocycles. The van der Waals surface area contributed by atoms with E-state index in [4.69, 9.17) is 0 Å². The van der Waals surface area contributed by atoms with Crippen LogP contribution >= 0.6 is 18.5 Å². The molecule has 0 aromatic heterocycles. The predicted molar refractivity (Wildman–Crippen MR) is 223 cm³/mol. The lowest BCUT2D eigenvalue weighted by molar-refractivity contribution is 0.335. The van der Waals surface area contributed by atoms with E-state index in [1.807, 2.05) is 18.2 Å². The number of anilines is 1. The van der Waals surface area contributed by atoms with Crippen LogP contribution in [-0.4, -0.2) is 85.5 Å². The first kappa shape index (κ1) is 52.5. The fourth-order valence-electron chi connectivity index (χ4n) is 7.19. The number of para-hydroxylation sites is 1. The van der Waals surface area contributed by atoms with Gasteiger partial charge in [0.2, 0.25) is 0 Å². The van der Waals surface area contributed by atoms with E-state index in [2.05, 4.69) is 35.5 Å². The first-order valence-electron chi connectivity index (χ1n) is 19.7. The van der Waals surface area contributed by atoms with Gasteiger partial charge in [-0.05, 0) is 63.5 Å². The molecule has 0 aliphatic heterocycles. The fraction of sp³-hybridized carbons (Fsp3) is 0.833. The van der Waals surface area contributed by atoms with Gasteiger partial charge in [0.15, 0.2) is 0 Å². The van der Waals surface area contributed by atoms with Crippen molar-refractivity contribution < 1.29 is 51.9 Å². The van der Waals surface area contributed by atoms with Crippen molar-refractivity contribution in [2.24, 2.45) is 0 Å². The third kappa shape index (κ3) is 27.8. The van der Waals surface area contributed by atoms with E-state index in [9.17, 15) is 51.9 Å². The van der Waals surface area contributed by atoms with Gasteiger partial charge < -0.3 is 23.1 Å². The van der Waals surface area contributed by atoms with Crippen molar-refractivity contribution >= 4 is 64.6 Å². The highest BCUT2D eigenvalue weighted by Crippen LogP contribution is 2.49. The summed E-state index contributed by atoms with van der Waals surface area (Å²) in [6.45, 7) is 0. The molecule has 2 unspecified atom stereocenters. The quantitative estimate of drug-likeness (QED) is 0.0374. The standard InChI is InChI=1S/C36H69NO12P2S4/c38-52(39,40)30-20-9-1-5-16-26-35(50,27-17-6-2-10-21-31-53(41,42)43)37(34-24-14-13-15-25-34)36(51,28-18-7-3-11-22-32-54(44,45)46)29-19-8-4-12-23-33-55(47,48)49/h13-15,24-25H,1-12,16-23,26-33,50-51H2,(H,38,39,40)(H,41,42,43)(H,44,45,46)(H,47,48,49)/p-4. The molecular weight excluding hydrogens is 829 g/mol. The summed E-state index contributed by atoms with van der Waals surface area (Å²) in [5, 5.41) is -0.852. The van der Waals surface area contributed by atoms with Gasteiger partial charge in [0.05, 0.1) is 51.0 Å². The Balaban J connectivity index is 3.30. The van der Waals surface area contributed by atoms with E-state index in [0.717, 1.165) is 108 Å². The highest BCUT2D eigenvalue weighted by Gasteiger charge is 2.42. The van der Waals surface area contributed by atoms with Gasteiger partial charge in [-0.2, -0.15) is 0 Å². The summed E-state index contributed by atoms with van der Waals surface area (Å²) in [4.78, 5) is 2.51. The van der Waals surface area contributed by atoms with Gasteiger partial charge in [0.25, 0.3) is 0 Å². The van der Waals surface area contributed by atoms with Crippen molar-refractivity contribution in [2.75, 3.05) is 27.9 Å². The van der Waals surface area contributed by atoms with Gasteiger partial charge in [0, 0.05) is 28.7 Å². The van der Waals surface area contributed by atoms with Crippen LogP contribution in [0.2, 0.25) is 0 Å². The molecule has 13 nitrogen and oxygen atoms in total. The molecule has 0 N–H and O–H groups in total. The smallest absolute Gasteiger partial charge is 0.0945 e. The third-order valence-electron chi connectivity index (χ3n) is 9.92. The summed E-state index contributed by atoms with van der Waals surface area (Å²) >= 11 is 0. The van der Waals surface area contributed by atoms with Crippen molar-refractivity contribution in [3.63, 3.8) is 0 Å².